The third-order valence-electron chi connectivity index (χ3n) is 2.65. The van der Waals surface area contributed by atoms with Gasteiger partial charge in [-0.05, 0) is 44.3 Å². The maximum absolute atomic E-state index is 13.7. The van der Waals surface area contributed by atoms with Crippen LogP contribution < -0.4 is 5.32 Å². The second-order valence-electron chi connectivity index (χ2n) is 5.69. The van der Waals surface area contributed by atoms with Crippen LogP contribution >= 0.6 is 21.7 Å². The Bertz CT molecular complexity index is 530. The zero-order valence-corrected chi connectivity index (χ0v) is 13.1. The van der Waals surface area contributed by atoms with Gasteiger partial charge in [0.1, 0.15) is 10.6 Å². The molecule has 0 aliphatic heterocycles. The molecule has 20 heavy (non-hydrogen) atoms. The van der Waals surface area contributed by atoms with Crippen molar-refractivity contribution in [1.29, 1.82) is 0 Å². The predicted octanol–water partition coefficient (Wildman–Crippen LogP) is 4.69. The maximum atomic E-state index is 13.7. The van der Waals surface area contributed by atoms with Crippen LogP contribution in [0.5, 0.6) is 0 Å². The Kier molecular flexibility index (Phi) is 4.44. The van der Waals surface area contributed by atoms with Crippen LogP contribution in [-0.2, 0) is 4.74 Å². The number of rotatable bonds is 3. The molecule has 0 unspecified atom stereocenters. The predicted molar refractivity (Wildman–Crippen MR) is 77.7 cm³/mol. The van der Waals surface area contributed by atoms with Crippen molar-refractivity contribution in [2.45, 2.75) is 50.2 Å². The van der Waals surface area contributed by atoms with E-state index >= 15 is 0 Å². The molecule has 1 aromatic heterocycles. The number of pyridine rings is 1. The number of carbonyl (C=O) groups is 1. The number of ether oxygens (including phenoxy) is 1. The smallest absolute Gasteiger partial charge is 0.412 e. The lowest BCUT2D eigenvalue weighted by Gasteiger charge is -2.20. The van der Waals surface area contributed by atoms with Crippen molar-refractivity contribution in [2.24, 2.45) is 0 Å². The fraction of sp³-hybridized carbons (Fsp3) is 0.538. The maximum Gasteiger partial charge on any atom is 0.412 e. The molecule has 1 aromatic rings. The van der Waals surface area contributed by atoms with E-state index in [-0.39, 0.29) is 10.9 Å². The van der Waals surface area contributed by atoms with Crippen LogP contribution in [-0.4, -0.2) is 16.7 Å². The lowest BCUT2D eigenvalue weighted by atomic mass is 10.2. The van der Waals surface area contributed by atoms with Gasteiger partial charge >= 0.3 is 6.09 Å². The van der Waals surface area contributed by atoms with Gasteiger partial charge < -0.3 is 4.74 Å². The van der Waals surface area contributed by atoms with Crippen LogP contribution in [0.4, 0.5) is 14.9 Å². The van der Waals surface area contributed by atoms with Crippen molar-refractivity contribution < 1.29 is 13.9 Å². The van der Waals surface area contributed by atoms with Gasteiger partial charge in [0.2, 0.25) is 0 Å². The zero-order valence-electron chi connectivity index (χ0n) is 11.5. The second-order valence-corrected chi connectivity index (χ2v) is 6.69. The van der Waals surface area contributed by atoms with Gasteiger partial charge in [0.15, 0.2) is 5.82 Å². The Morgan fingerprint density at radius 3 is 2.70 bits per heavy atom. The lowest BCUT2D eigenvalue weighted by molar-refractivity contribution is 0.0635. The number of hydrogen-bond acceptors (Lipinski definition) is 4. The summed E-state index contributed by atoms with van der Waals surface area (Å²) in [6.07, 6.45) is 1.34. The number of aromatic nitrogens is 1. The van der Waals surface area contributed by atoms with Gasteiger partial charge in [-0.2, -0.15) is 0 Å². The Labute approximate surface area is 125 Å². The third-order valence-corrected chi connectivity index (χ3v) is 3.52. The highest BCUT2D eigenvalue weighted by Crippen LogP contribution is 2.43. The van der Waals surface area contributed by atoms with Crippen molar-refractivity contribution >= 4 is 33.4 Å². The minimum atomic E-state index is -0.619. The van der Waals surface area contributed by atoms with Gasteiger partial charge in [-0.15, -0.1) is 0 Å². The molecule has 0 aromatic carbocycles. The molecule has 110 valence electrons. The Morgan fingerprint density at radius 2 is 2.20 bits per heavy atom. The molecule has 0 bridgehead atoms. The molecule has 1 aliphatic rings. The third kappa shape index (κ3) is 3.99. The van der Waals surface area contributed by atoms with E-state index in [2.05, 4.69) is 10.3 Å². The first-order valence-electron chi connectivity index (χ1n) is 6.29. The SMILES string of the molecule is CC(C)(C)OC(=O)Nc1cc(F)c(SCl)nc1C1CC1. The number of hydrogen-bond donors (Lipinski definition) is 1. The van der Waals surface area contributed by atoms with E-state index in [0.29, 0.717) is 11.4 Å². The molecule has 1 aliphatic carbocycles. The standard InChI is InChI=1S/C13H16ClFN2O2S/c1-13(2,3)19-12(18)16-9-6-8(15)11(20-14)17-10(9)7-4-5-7/h6-7H,4-5H2,1-3H3,(H,16,18). The minimum absolute atomic E-state index is 0.128. The molecule has 0 atom stereocenters. The van der Waals surface area contributed by atoms with Gasteiger partial charge in [0.25, 0.3) is 0 Å². The summed E-state index contributed by atoms with van der Waals surface area (Å²) in [4.78, 5) is 16.0. The second kappa shape index (κ2) is 5.77. The Morgan fingerprint density at radius 1 is 1.55 bits per heavy atom. The highest BCUT2D eigenvalue weighted by molar-refractivity contribution is 8.21. The molecule has 1 N–H and O–H groups in total. The monoisotopic (exact) mass is 318 g/mol. The van der Waals surface area contributed by atoms with Gasteiger partial charge in [0, 0.05) is 23.0 Å². The topological polar surface area (TPSA) is 51.2 Å². The number of halogens is 2. The Balaban J connectivity index is 2.22. The summed E-state index contributed by atoms with van der Waals surface area (Å²) in [5, 5.41) is 2.69. The van der Waals surface area contributed by atoms with Crippen molar-refractivity contribution in [2.75, 3.05) is 5.32 Å². The molecule has 0 radical (unpaired) electrons. The van der Waals surface area contributed by atoms with E-state index in [0.717, 1.165) is 23.8 Å². The summed E-state index contributed by atoms with van der Waals surface area (Å²) in [5.41, 5.74) is 0.413. The number of nitrogens with one attached hydrogen (secondary N) is 1. The first-order chi connectivity index (χ1) is 9.30. The summed E-state index contributed by atoms with van der Waals surface area (Å²) in [7, 11) is 6.31. The summed E-state index contributed by atoms with van der Waals surface area (Å²) in [6.45, 7) is 5.29. The molecular weight excluding hydrogens is 303 g/mol. The van der Waals surface area contributed by atoms with Crippen LogP contribution in [0.2, 0.25) is 0 Å². The molecule has 0 spiro atoms. The summed E-state index contributed by atoms with van der Waals surface area (Å²) >= 11 is 0. The lowest BCUT2D eigenvalue weighted by Crippen LogP contribution is -2.27. The number of carbonyl (C=O) groups excluding carboxylic acids is 1. The normalized spacial score (nSPS) is 15.1. The minimum Gasteiger partial charge on any atom is -0.444 e. The van der Waals surface area contributed by atoms with Crippen molar-refractivity contribution in [3.8, 4) is 0 Å². The van der Waals surface area contributed by atoms with Crippen molar-refractivity contribution in [3.05, 3.63) is 17.6 Å². The van der Waals surface area contributed by atoms with Crippen molar-refractivity contribution in [1.82, 2.24) is 4.98 Å². The molecule has 1 saturated carbocycles. The summed E-state index contributed by atoms with van der Waals surface area (Å²) in [6, 6.07) is 1.25. The van der Waals surface area contributed by atoms with Crippen molar-refractivity contribution in [3.63, 3.8) is 0 Å². The first kappa shape index (κ1) is 15.4. The quantitative estimate of drug-likeness (QED) is 0.878. The van der Waals surface area contributed by atoms with E-state index < -0.39 is 17.5 Å². The van der Waals surface area contributed by atoms with E-state index in [1.54, 1.807) is 20.8 Å². The molecule has 1 fully saturated rings. The van der Waals surface area contributed by atoms with Gasteiger partial charge in [-0.25, -0.2) is 14.2 Å². The van der Waals surface area contributed by atoms with Crippen LogP contribution in [0.3, 0.4) is 0 Å². The number of nitrogens with zero attached hydrogens (tertiary/aromatic N) is 1. The molecule has 1 heterocycles. The summed E-state index contributed by atoms with van der Waals surface area (Å²) < 4.78 is 18.9. The van der Waals surface area contributed by atoms with Crippen LogP contribution in [0.1, 0.15) is 45.2 Å². The van der Waals surface area contributed by atoms with E-state index in [1.165, 1.54) is 6.07 Å². The highest BCUT2D eigenvalue weighted by atomic mass is 35.7. The average Bonchev–Trinajstić information content (AvgIpc) is 3.10. The van der Waals surface area contributed by atoms with Gasteiger partial charge in [0.05, 0.1) is 11.4 Å². The largest absolute Gasteiger partial charge is 0.444 e. The van der Waals surface area contributed by atoms with E-state index in [4.69, 9.17) is 15.4 Å². The molecule has 2 rings (SSSR count). The molecule has 0 saturated heterocycles. The molecule has 1 amide bonds. The first-order valence-corrected chi connectivity index (χ1v) is 7.93. The highest BCUT2D eigenvalue weighted by Gasteiger charge is 2.30. The fourth-order valence-electron chi connectivity index (χ4n) is 1.72. The van der Waals surface area contributed by atoms with E-state index in [1.807, 2.05) is 0 Å². The van der Waals surface area contributed by atoms with Gasteiger partial charge in [-0.3, -0.25) is 5.32 Å². The average molecular weight is 319 g/mol. The fourth-order valence-corrected chi connectivity index (χ4v) is 2.31. The van der Waals surface area contributed by atoms with Crippen LogP contribution in [0.25, 0.3) is 0 Å². The summed E-state index contributed by atoms with van der Waals surface area (Å²) in [5.74, 6) is -0.302. The van der Waals surface area contributed by atoms with Crippen LogP contribution in [0.15, 0.2) is 11.1 Å². The zero-order chi connectivity index (χ0) is 14.9. The Hall–Kier alpha value is -1.01. The van der Waals surface area contributed by atoms with Crippen LogP contribution in [0, 0.1) is 5.82 Å². The number of anilines is 1. The molecular formula is C13H16ClFN2O2S. The number of amides is 1. The molecule has 4 nitrogen and oxygen atoms in total. The van der Waals surface area contributed by atoms with Gasteiger partial charge in [-0.1, -0.05) is 0 Å². The molecule has 7 heteroatoms. The van der Waals surface area contributed by atoms with E-state index in [9.17, 15) is 9.18 Å².